The summed E-state index contributed by atoms with van der Waals surface area (Å²) in [5, 5.41) is 9.85. The average Bonchev–Trinajstić information content (AvgIpc) is 2.34. The van der Waals surface area contributed by atoms with E-state index in [2.05, 4.69) is 9.97 Å². The topological polar surface area (TPSA) is 49.3 Å². The molecular weight excluding hydrogens is 250 g/mol. The van der Waals surface area contributed by atoms with Gasteiger partial charge in [-0.1, -0.05) is 11.6 Å². The first-order chi connectivity index (χ1) is 8.49. The molecule has 0 saturated carbocycles. The lowest BCUT2D eigenvalue weighted by Gasteiger charge is -2.13. The van der Waals surface area contributed by atoms with Gasteiger partial charge in [0, 0.05) is 19.7 Å². The third-order valence-electron chi connectivity index (χ3n) is 2.65. The number of phenolic OH excluding ortho intramolecular Hbond substituents is 1. The quantitative estimate of drug-likeness (QED) is 0.905. The van der Waals surface area contributed by atoms with Crippen LogP contribution in [0.4, 0.5) is 5.82 Å². The van der Waals surface area contributed by atoms with Crippen molar-refractivity contribution in [1.29, 1.82) is 0 Å². The molecule has 18 heavy (non-hydrogen) atoms. The highest BCUT2D eigenvalue weighted by molar-refractivity contribution is 6.32. The van der Waals surface area contributed by atoms with Crippen LogP contribution in [-0.4, -0.2) is 29.2 Å². The van der Waals surface area contributed by atoms with Crippen molar-refractivity contribution in [2.45, 2.75) is 6.92 Å². The second-order valence-corrected chi connectivity index (χ2v) is 4.68. The number of hydrogen-bond donors (Lipinski definition) is 1. The second kappa shape index (κ2) is 4.82. The molecule has 5 heteroatoms. The smallest absolute Gasteiger partial charge is 0.147 e. The Morgan fingerprint density at radius 2 is 1.94 bits per heavy atom. The highest BCUT2D eigenvalue weighted by atomic mass is 35.5. The molecule has 4 nitrogen and oxygen atoms in total. The van der Waals surface area contributed by atoms with Crippen molar-refractivity contribution in [2.24, 2.45) is 0 Å². The molecule has 1 heterocycles. The molecule has 0 bridgehead atoms. The summed E-state index contributed by atoms with van der Waals surface area (Å²) in [5.74, 6) is 0.853. The van der Waals surface area contributed by atoms with Gasteiger partial charge in [0.15, 0.2) is 0 Å². The molecule has 1 N–H and O–H groups in total. The minimum atomic E-state index is 0.0784. The molecule has 0 fully saturated rings. The van der Waals surface area contributed by atoms with Crippen LogP contribution < -0.4 is 4.90 Å². The maximum Gasteiger partial charge on any atom is 0.147 e. The minimum Gasteiger partial charge on any atom is -0.506 e. The van der Waals surface area contributed by atoms with Gasteiger partial charge in [-0.2, -0.15) is 0 Å². The van der Waals surface area contributed by atoms with Crippen LogP contribution in [0.5, 0.6) is 5.75 Å². The number of aromatic hydroxyl groups is 1. The van der Waals surface area contributed by atoms with Crippen molar-refractivity contribution in [1.82, 2.24) is 9.97 Å². The molecule has 0 atom stereocenters. The first kappa shape index (κ1) is 12.6. The third kappa shape index (κ3) is 2.38. The van der Waals surface area contributed by atoms with Gasteiger partial charge in [-0.3, -0.25) is 4.98 Å². The number of nitrogens with zero attached hydrogens (tertiary/aromatic N) is 3. The number of aryl methyl sites for hydroxylation is 1. The molecule has 94 valence electrons. The first-order valence-electron chi connectivity index (χ1n) is 5.48. The van der Waals surface area contributed by atoms with Crippen LogP contribution in [-0.2, 0) is 0 Å². The van der Waals surface area contributed by atoms with E-state index in [1.165, 1.54) is 0 Å². The molecule has 2 rings (SSSR count). The highest BCUT2D eigenvalue weighted by Crippen LogP contribution is 2.32. The summed E-state index contributed by atoms with van der Waals surface area (Å²) in [7, 11) is 3.81. The van der Waals surface area contributed by atoms with Gasteiger partial charge in [0.2, 0.25) is 0 Å². The largest absolute Gasteiger partial charge is 0.506 e. The summed E-state index contributed by atoms with van der Waals surface area (Å²) in [6, 6.07) is 3.33. The van der Waals surface area contributed by atoms with E-state index in [0.717, 1.165) is 22.6 Å². The van der Waals surface area contributed by atoms with Gasteiger partial charge in [0.25, 0.3) is 0 Å². The van der Waals surface area contributed by atoms with E-state index in [1.807, 2.05) is 25.9 Å². The van der Waals surface area contributed by atoms with Crippen LogP contribution >= 0.6 is 11.6 Å². The monoisotopic (exact) mass is 263 g/mol. The maximum atomic E-state index is 9.54. The fraction of sp³-hybridized carbons (Fsp3) is 0.231. The molecule has 1 aromatic heterocycles. The number of rotatable bonds is 2. The predicted molar refractivity (Wildman–Crippen MR) is 73.2 cm³/mol. The van der Waals surface area contributed by atoms with E-state index >= 15 is 0 Å². The van der Waals surface area contributed by atoms with Crippen molar-refractivity contribution < 1.29 is 5.11 Å². The van der Waals surface area contributed by atoms with E-state index in [1.54, 1.807) is 24.5 Å². The van der Waals surface area contributed by atoms with E-state index in [4.69, 9.17) is 11.6 Å². The van der Waals surface area contributed by atoms with Crippen LogP contribution in [0.15, 0.2) is 24.5 Å². The molecule has 0 radical (unpaired) electrons. The summed E-state index contributed by atoms with van der Waals surface area (Å²) in [6.07, 6.45) is 3.38. The predicted octanol–water partition coefficient (Wildman–Crippen LogP) is 2.88. The van der Waals surface area contributed by atoms with Crippen LogP contribution in [0.25, 0.3) is 11.3 Å². The molecule has 0 aliphatic carbocycles. The van der Waals surface area contributed by atoms with Crippen molar-refractivity contribution in [2.75, 3.05) is 19.0 Å². The number of benzene rings is 1. The first-order valence-corrected chi connectivity index (χ1v) is 5.85. The van der Waals surface area contributed by atoms with Gasteiger partial charge in [0.1, 0.15) is 11.6 Å². The SMILES string of the molecule is Cc1cc(O)c(Cl)cc1-c1cncc(N(C)C)n1. The number of anilines is 1. The Morgan fingerprint density at radius 1 is 1.22 bits per heavy atom. The number of hydrogen-bond acceptors (Lipinski definition) is 4. The normalized spacial score (nSPS) is 10.4. The van der Waals surface area contributed by atoms with Crippen molar-refractivity contribution in [3.05, 3.63) is 35.1 Å². The van der Waals surface area contributed by atoms with Gasteiger partial charge in [-0.15, -0.1) is 0 Å². The molecule has 0 aliphatic rings. The molecule has 1 aromatic carbocycles. The summed E-state index contributed by atoms with van der Waals surface area (Å²) in [5.41, 5.74) is 2.51. The zero-order valence-electron chi connectivity index (χ0n) is 10.5. The fourth-order valence-corrected chi connectivity index (χ4v) is 1.81. The molecule has 0 unspecified atom stereocenters. The second-order valence-electron chi connectivity index (χ2n) is 4.28. The van der Waals surface area contributed by atoms with Crippen LogP contribution in [0.1, 0.15) is 5.56 Å². The Labute approximate surface area is 111 Å². The third-order valence-corrected chi connectivity index (χ3v) is 2.95. The Balaban J connectivity index is 2.55. The Bertz CT molecular complexity index is 584. The summed E-state index contributed by atoms with van der Waals surface area (Å²) in [4.78, 5) is 10.5. The van der Waals surface area contributed by atoms with Crippen LogP contribution in [0.2, 0.25) is 5.02 Å². The lowest BCUT2D eigenvalue weighted by Crippen LogP contribution is -2.11. The number of halogens is 1. The number of aromatic nitrogens is 2. The Kier molecular flexibility index (Phi) is 3.39. The lowest BCUT2D eigenvalue weighted by molar-refractivity contribution is 0.475. The van der Waals surface area contributed by atoms with Gasteiger partial charge < -0.3 is 10.0 Å². The maximum absolute atomic E-state index is 9.54. The standard InChI is InChI=1S/C13H14ClN3O/c1-8-4-12(18)10(14)5-9(8)11-6-15-7-13(16-11)17(2)3/h4-7,18H,1-3H3. The summed E-state index contributed by atoms with van der Waals surface area (Å²) >= 11 is 5.93. The highest BCUT2D eigenvalue weighted by Gasteiger charge is 2.09. The van der Waals surface area contributed by atoms with Crippen molar-refractivity contribution in [3.8, 4) is 17.0 Å². The van der Waals surface area contributed by atoms with Crippen LogP contribution in [0, 0.1) is 6.92 Å². The van der Waals surface area contributed by atoms with Gasteiger partial charge in [0.05, 0.1) is 23.1 Å². The molecular formula is C13H14ClN3O. The Morgan fingerprint density at radius 3 is 2.61 bits per heavy atom. The van der Waals surface area contributed by atoms with E-state index < -0.39 is 0 Å². The molecule has 2 aromatic rings. The van der Waals surface area contributed by atoms with Gasteiger partial charge in [-0.05, 0) is 24.6 Å². The van der Waals surface area contributed by atoms with Crippen LogP contribution in [0.3, 0.4) is 0 Å². The van der Waals surface area contributed by atoms with Gasteiger partial charge >= 0.3 is 0 Å². The molecule has 0 saturated heterocycles. The molecule has 0 spiro atoms. The number of phenols is 1. The van der Waals surface area contributed by atoms with Crippen molar-refractivity contribution >= 4 is 17.4 Å². The molecule has 0 amide bonds. The van der Waals surface area contributed by atoms with E-state index in [0.29, 0.717) is 5.02 Å². The zero-order valence-corrected chi connectivity index (χ0v) is 11.2. The lowest BCUT2D eigenvalue weighted by atomic mass is 10.1. The summed E-state index contributed by atoms with van der Waals surface area (Å²) < 4.78 is 0. The average molecular weight is 264 g/mol. The van der Waals surface area contributed by atoms with E-state index in [9.17, 15) is 5.11 Å². The van der Waals surface area contributed by atoms with Crippen molar-refractivity contribution in [3.63, 3.8) is 0 Å². The Hall–Kier alpha value is -1.81. The summed E-state index contributed by atoms with van der Waals surface area (Å²) in [6.45, 7) is 1.90. The minimum absolute atomic E-state index is 0.0784. The molecule has 0 aliphatic heterocycles. The van der Waals surface area contributed by atoms with E-state index in [-0.39, 0.29) is 5.75 Å². The van der Waals surface area contributed by atoms with Gasteiger partial charge in [-0.25, -0.2) is 4.98 Å². The fourth-order valence-electron chi connectivity index (χ4n) is 1.64. The zero-order chi connectivity index (χ0) is 13.3.